The van der Waals surface area contributed by atoms with E-state index in [-0.39, 0.29) is 24.3 Å². The highest BCUT2D eigenvalue weighted by molar-refractivity contribution is 5.94. The van der Waals surface area contributed by atoms with Crippen LogP contribution in [0.15, 0.2) is 24.0 Å². The quantitative estimate of drug-likeness (QED) is 0.287. The Bertz CT molecular complexity index is 1050. The molecule has 3 atom stereocenters. The number of benzene rings is 1. The molecule has 172 valence electrons. The molecule has 1 aromatic carbocycles. The highest BCUT2D eigenvalue weighted by atomic mass is 16.6. The lowest BCUT2D eigenvalue weighted by atomic mass is 9.74. The molecule has 0 spiro atoms. The highest BCUT2D eigenvalue weighted by Crippen LogP contribution is 2.48. The number of nitro groups is 1. The molecule has 0 aliphatic carbocycles. The van der Waals surface area contributed by atoms with Gasteiger partial charge in [0.1, 0.15) is 6.61 Å². The average molecular weight is 444 g/mol. The van der Waals surface area contributed by atoms with Crippen LogP contribution in [0.1, 0.15) is 37.1 Å². The summed E-state index contributed by atoms with van der Waals surface area (Å²) in [6.45, 7) is 4.68. The number of carbonyl (C=O) groups is 1. The SMILES string of the molecule is CC[C@@H]1CN2CCc3c([nH]c4ccc([N+](=O)[O-])c(OC)c34)[C@@H]2C[C@@H]1C(=COC)COC=O. The van der Waals surface area contributed by atoms with E-state index in [2.05, 4.69) is 16.8 Å². The molecule has 0 saturated carbocycles. The second kappa shape index (κ2) is 9.20. The molecular weight excluding hydrogens is 414 g/mol. The van der Waals surface area contributed by atoms with Crippen LogP contribution in [0.2, 0.25) is 0 Å². The summed E-state index contributed by atoms with van der Waals surface area (Å²) >= 11 is 0. The normalized spacial score (nSPS) is 23.3. The van der Waals surface area contributed by atoms with Crippen molar-refractivity contribution in [2.24, 2.45) is 11.8 Å². The Hall–Kier alpha value is -3.07. The molecule has 0 bridgehead atoms. The first-order valence-corrected chi connectivity index (χ1v) is 10.9. The number of aromatic nitrogens is 1. The fourth-order valence-corrected chi connectivity index (χ4v) is 5.54. The first kappa shape index (κ1) is 22.1. The van der Waals surface area contributed by atoms with E-state index in [0.29, 0.717) is 18.1 Å². The van der Waals surface area contributed by atoms with Gasteiger partial charge in [-0.3, -0.25) is 19.8 Å². The molecular formula is C23H29N3O6. The average Bonchev–Trinajstić information content (AvgIpc) is 3.19. The minimum Gasteiger partial charge on any atom is -0.504 e. The van der Waals surface area contributed by atoms with Gasteiger partial charge in [0.2, 0.25) is 5.75 Å². The zero-order valence-corrected chi connectivity index (χ0v) is 18.6. The summed E-state index contributed by atoms with van der Waals surface area (Å²) in [6, 6.07) is 3.40. The Kier molecular flexibility index (Phi) is 6.36. The van der Waals surface area contributed by atoms with Gasteiger partial charge in [-0.05, 0) is 36.3 Å². The number of hydrogen-bond donors (Lipinski definition) is 1. The van der Waals surface area contributed by atoms with E-state index in [1.807, 2.05) is 0 Å². The van der Waals surface area contributed by atoms with Gasteiger partial charge in [-0.25, -0.2) is 0 Å². The van der Waals surface area contributed by atoms with Crippen LogP contribution < -0.4 is 4.74 Å². The lowest BCUT2D eigenvalue weighted by molar-refractivity contribution is -0.385. The van der Waals surface area contributed by atoms with Crippen molar-refractivity contribution in [3.63, 3.8) is 0 Å². The van der Waals surface area contributed by atoms with Crippen LogP contribution in [0.5, 0.6) is 5.75 Å². The summed E-state index contributed by atoms with van der Waals surface area (Å²) in [4.78, 5) is 28.0. The molecule has 2 aliphatic heterocycles. The number of rotatable bonds is 8. The van der Waals surface area contributed by atoms with Gasteiger partial charge in [-0.2, -0.15) is 0 Å². The number of methoxy groups -OCH3 is 2. The summed E-state index contributed by atoms with van der Waals surface area (Å²) < 4.78 is 15.9. The molecule has 2 aliphatic rings. The molecule has 1 saturated heterocycles. The van der Waals surface area contributed by atoms with Gasteiger partial charge >= 0.3 is 5.69 Å². The molecule has 9 heteroatoms. The van der Waals surface area contributed by atoms with E-state index in [1.165, 1.54) is 13.2 Å². The van der Waals surface area contributed by atoms with Gasteiger partial charge in [-0.1, -0.05) is 13.3 Å². The number of nitrogens with zero attached hydrogens (tertiary/aromatic N) is 2. The number of nitrogens with one attached hydrogen (secondary N) is 1. The maximum atomic E-state index is 11.5. The summed E-state index contributed by atoms with van der Waals surface area (Å²) in [6.07, 6.45) is 4.36. The molecule has 3 heterocycles. The standard InChI is InChI=1S/C23H29N3O6/c1-4-14-10-25-8-7-16-21-18(5-6-19(26(28)29)23(21)31-3)24-22(16)20(25)9-17(14)15(11-30-2)12-32-13-27/h5-6,11,13-14,17,20,24H,4,7-10,12H2,1-3H3/t14-,17+,20+/m1/s1. The van der Waals surface area contributed by atoms with Gasteiger partial charge in [0.25, 0.3) is 6.47 Å². The lowest BCUT2D eigenvalue weighted by Gasteiger charge is -2.46. The van der Waals surface area contributed by atoms with Crippen molar-refractivity contribution in [2.75, 3.05) is 33.9 Å². The van der Waals surface area contributed by atoms with Crippen LogP contribution in [0.25, 0.3) is 10.9 Å². The lowest BCUT2D eigenvalue weighted by Crippen LogP contribution is -2.46. The van der Waals surface area contributed by atoms with Crippen molar-refractivity contribution < 1.29 is 23.9 Å². The van der Waals surface area contributed by atoms with Crippen molar-refractivity contribution in [3.8, 4) is 5.75 Å². The van der Waals surface area contributed by atoms with Gasteiger partial charge in [0, 0.05) is 30.4 Å². The number of fused-ring (bicyclic) bond motifs is 5. The third-order valence-corrected chi connectivity index (χ3v) is 6.96. The predicted molar refractivity (Wildman–Crippen MR) is 119 cm³/mol. The molecule has 4 rings (SSSR count). The van der Waals surface area contributed by atoms with Crippen molar-refractivity contribution >= 4 is 23.1 Å². The number of aromatic amines is 1. The first-order valence-electron chi connectivity index (χ1n) is 10.9. The molecule has 1 aromatic heterocycles. The molecule has 0 amide bonds. The zero-order valence-electron chi connectivity index (χ0n) is 18.6. The van der Waals surface area contributed by atoms with Gasteiger partial charge in [0.05, 0.1) is 42.3 Å². The minimum atomic E-state index is -0.399. The predicted octanol–water partition coefficient (Wildman–Crippen LogP) is 3.73. The number of ether oxygens (including phenoxy) is 3. The maximum absolute atomic E-state index is 11.5. The second-order valence-corrected chi connectivity index (χ2v) is 8.42. The third-order valence-electron chi connectivity index (χ3n) is 6.96. The number of carbonyl (C=O) groups excluding carboxylic acids is 1. The van der Waals surface area contributed by atoms with E-state index >= 15 is 0 Å². The fraction of sp³-hybridized carbons (Fsp3) is 0.522. The van der Waals surface area contributed by atoms with Crippen LogP contribution in [-0.2, 0) is 20.7 Å². The monoisotopic (exact) mass is 443 g/mol. The Morgan fingerprint density at radius 1 is 1.38 bits per heavy atom. The summed E-state index contributed by atoms with van der Waals surface area (Å²) in [5.74, 6) is 0.941. The van der Waals surface area contributed by atoms with E-state index in [4.69, 9.17) is 14.2 Å². The van der Waals surface area contributed by atoms with Crippen molar-refractivity contribution in [1.29, 1.82) is 0 Å². The van der Waals surface area contributed by atoms with Crippen LogP contribution in [0.4, 0.5) is 5.69 Å². The molecule has 1 fully saturated rings. The summed E-state index contributed by atoms with van der Waals surface area (Å²) in [5, 5.41) is 12.3. The number of nitro benzene ring substituents is 1. The smallest absolute Gasteiger partial charge is 0.311 e. The van der Waals surface area contributed by atoms with E-state index < -0.39 is 4.92 Å². The molecule has 9 nitrogen and oxygen atoms in total. The minimum absolute atomic E-state index is 0.0203. The number of piperidine rings is 1. The maximum Gasteiger partial charge on any atom is 0.311 e. The molecule has 0 radical (unpaired) electrons. The van der Waals surface area contributed by atoms with Crippen LogP contribution in [0, 0.1) is 22.0 Å². The third kappa shape index (κ3) is 3.70. The van der Waals surface area contributed by atoms with Gasteiger partial charge < -0.3 is 19.2 Å². The molecule has 1 N–H and O–H groups in total. The van der Waals surface area contributed by atoms with Gasteiger partial charge in [-0.15, -0.1) is 0 Å². The van der Waals surface area contributed by atoms with E-state index in [9.17, 15) is 14.9 Å². The second-order valence-electron chi connectivity index (χ2n) is 8.42. The van der Waals surface area contributed by atoms with Crippen LogP contribution in [-0.4, -0.2) is 55.2 Å². The Morgan fingerprint density at radius 3 is 2.84 bits per heavy atom. The van der Waals surface area contributed by atoms with Crippen molar-refractivity contribution in [1.82, 2.24) is 9.88 Å². The summed E-state index contributed by atoms with van der Waals surface area (Å²) in [7, 11) is 3.08. The largest absolute Gasteiger partial charge is 0.504 e. The Labute approximate surface area is 186 Å². The van der Waals surface area contributed by atoms with Crippen LogP contribution in [0.3, 0.4) is 0 Å². The van der Waals surface area contributed by atoms with Crippen molar-refractivity contribution in [3.05, 3.63) is 45.3 Å². The highest BCUT2D eigenvalue weighted by Gasteiger charge is 2.41. The Morgan fingerprint density at radius 2 is 2.19 bits per heavy atom. The molecule has 0 unspecified atom stereocenters. The molecule has 32 heavy (non-hydrogen) atoms. The first-order chi connectivity index (χ1) is 15.5. The van der Waals surface area contributed by atoms with Gasteiger partial charge in [0.15, 0.2) is 0 Å². The zero-order chi connectivity index (χ0) is 22.8. The number of H-pyrrole nitrogens is 1. The van der Waals surface area contributed by atoms with E-state index in [0.717, 1.165) is 60.1 Å². The van der Waals surface area contributed by atoms with E-state index in [1.54, 1.807) is 19.4 Å². The topological polar surface area (TPSA) is 107 Å². The number of hydrogen-bond acceptors (Lipinski definition) is 7. The van der Waals surface area contributed by atoms with Crippen molar-refractivity contribution in [2.45, 2.75) is 32.2 Å². The molecule has 2 aromatic rings. The van der Waals surface area contributed by atoms with Crippen LogP contribution >= 0.6 is 0 Å². The Balaban J connectivity index is 1.76. The fourth-order valence-electron chi connectivity index (χ4n) is 5.54. The summed E-state index contributed by atoms with van der Waals surface area (Å²) in [5.41, 5.74) is 4.00.